The number of hydrogen-bond donors (Lipinski definition) is 1. The minimum atomic E-state index is -1.72. The van der Waals surface area contributed by atoms with E-state index in [4.69, 9.17) is 5.73 Å². The number of rotatable bonds is 3. The number of allylic oxidation sites excluding steroid dienone is 3. The van der Waals surface area contributed by atoms with Gasteiger partial charge in [-0.3, -0.25) is 0 Å². The molecule has 0 bridgehead atoms. The summed E-state index contributed by atoms with van der Waals surface area (Å²) >= 11 is 0. The average molecular weight is 275 g/mol. The maximum absolute atomic E-state index is 13.3. The summed E-state index contributed by atoms with van der Waals surface area (Å²) in [7, 11) is 0. The van der Waals surface area contributed by atoms with Crippen LogP contribution in [0.3, 0.4) is 0 Å². The SMILES string of the molecule is Cc1cc(F)ccc1P123CC1=CC(CCN)=CC2C3. The zero-order chi connectivity index (χ0) is 13.3. The van der Waals surface area contributed by atoms with E-state index in [1.807, 2.05) is 0 Å². The first-order valence-corrected chi connectivity index (χ1v) is 9.66. The van der Waals surface area contributed by atoms with Gasteiger partial charge in [-0.15, -0.1) is 0 Å². The summed E-state index contributed by atoms with van der Waals surface area (Å²) in [6, 6.07) is 5.40. The molecule has 1 atom stereocenters. The van der Waals surface area contributed by atoms with Crippen LogP contribution in [0, 0.1) is 12.7 Å². The van der Waals surface area contributed by atoms with E-state index in [1.54, 1.807) is 17.4 Å². The van der Waals surface area contributed by atoms with Gasteiger partial charge in [-0.05, 0) is 0 Å². The molecule has 0 saturated carbocycles. The summed E-state index contributed by atoms with van der Waals surface area (Å²) in [4.78, 5) is 0. The molecule has 4 rings (SSSR count). The Morgan fingerprint density at radius 2 is 2.26 bits per heavy atom. The third-order valence-electron chi connectivity index (χ3n) is 5.36. The summed E-state index contributed by atoms with van der Waals surface area (Å²) in [5.41, 5.74) is 8.99. The summed E-state index contributed by atoms with van der Waals surface area (Å²) in [6.07, 6.45) is 8.47. The maximum atomic E-state index is 13.3. The molecule has 0 aromatic heterocycles. The van der Waals surface area contributed by atoms with E-state index in [2.05, 4.69) is 25.1 Å². The Bertz CT molecular complexity index is 663. The topological polar surface area (TPSA) is 26.0 Å². The Hall–Kier alpha value is -0.980. The van der Waals surface area contributed by atoms with E-state index in [9.17, 15) is 4.39 Å². The van der Waals surface area contributed by atoms with Gasteiger partial charge in [-0.25, -0.2) is 0 Å². The molecule has 0 radical (unpaired) electrons. The van der Waals surface area contributed by atoms with Crippen LogP contribution < -0.4 is 11.0 Å². The van der Waals surface area contributed by atoms with Crippen molar-refractivity contribution in [1.29, 1.82) is 0 Å². The van der Waals surface area contributed by atoms with Crippen LogP contribution in [-0.2, 0) is 0 Å². The van der Waals surface area contributed by atoms with E-state index in [1.165, 1.54) is 23.2 Å². The van der Waals surface area contributed by atoms with Crippen molar-refractivity contribution >= 4 is 11.9 Å². The fourth-order valence-corrected chi connectivity index (χ4v) is 12.0. The van der Waals surface area contributed by atoms with E-state index in [-0.39, 0.29) is 5.82 Å². The van der Waals surface area contributed by atoms with Crippen molar-refractivity contribution in [2.45, 2.75) is 19.0 Å². The van der Waals surface area contributed by atoms with Crippen molar-refractivity contribution in [1.82, 2.24) is 0 Å². The van der Waals surface area contributed by atoms with Crippen LogP contribution in [0.4, 0.5) is 4.39 Å². The van der Waals surface area contributed by atoms with Gasteiger partial charge in [-0.1, -0.05) is 0 Å². The van der Waals surface area contributed by atoms with Gasteiger partial charge in [0.15, 0.2) is 0 Å². The molecule has 100 valence electrons. The van der Waals surface area contributed by atoms with Crippen LogP contribution in [0.2, 0.25) is 0 Å². The molecule has 1 nitrogen and oxygen atoms in total. The zero-order valence-corrected chi connectivity index (χ0v) is 12.1. The van der Waals surface area contributed by atoms with Gasteiger partial charge < -0.3 is 0 Å². The van der Waals surface area contributed by atoms with Crippen molar-refractivity contribution < 1.29 is 4.39 Å². The van der Waals surface area contributed by atoms with Crippen molar-refractivity contribution in [3.8, 4) is 0 Å². The second-order valence-corrected chi connectivity index (χ2v) is 11.9. The fourth-order valence-electron chi connectivity index (χ4n) is 4.26. The normalized spacial score (nSPS) is 30.1. The Kier molecular flexibility index (Phi) is 2.09. The Balaban J connectivity index is 1.79. The first kappa shape index (κ1) is 11.8. The Labute approximate surface area is 113 Å². The number of hydrogen-bond acceptors (Lipinski definition) is 1. The molecule has 2 N–H and O–H groups in total. The second-order valence-electron chi connectivity index (χ2n) is 6.35. The number of benzene rings is 1. The summed E-state index contributed by atoms with van der Waals surface area (Å²) in [5.74, 6) is -0.111. The molecular weight excluding hydrogens is 256 g/mol. The van der Waals surface area contributed by atoms with Gasteiger partial charge in [-0.2, -0.15) is 0 Å². The van der Waals surface area contributed by atoms with Crippen LogP contribution in [0.1, 0.15) is 12.0 Å². The van der Waals surface area contributed by atoms with Crippen molar-refractivity contribution in [3.05, 3.63) is 52.6 Å². The van der Waals surface area contributed by atoms with Crippen molar-refractivity contribution in [2.75, 3.05) is 18.9 Å². The van der Waals surface area contributed by atoms with Gasteiger partial charge in [0.05, 0.1) is 0 Å². The molecule has 1 aromatic carbocycles. The third-order valence-corrected chi connectivity index (χ3v) is 12.2. The molecule has 1 unspecified atom stereocenters. The fraction of sp³-hybridized carbons (Fsp3) is 0.375. The molecule has 19 heavy (non-hydrogen) atoms. The monoisotopic (exact) mass is 275 g/mol. The first-order chi connectivity index (χ1) is 9.09. The molecule has 3 heteroatoms. The summed E-state index contributed by atoms with van der Waals surface area (Å²) in [6.45, 7) is 1.07. The molecule has 0 aliphatic carbocycles. The minimum absolute atomic E-state index is 0.111. The van der Waals surface area contributed by atoms with Gasteiger partial charge in [0, 0.05) is 0 Å². The molecule has 3 heterocycles. The Morgan fingerprint density at radius 3 is 2.95 bits per heavy atom. The second kappa shape index (κ2) is 3.37. The predicted octanol–water partition coefficient (Wildman–Crippen LogP) is 2.88. The molecule has 1 aromatic rings. The summed E-state index contributed by atoms with van der Waals surface area (Å²) < 4.78 is 13.3. The van der Waals surface area contributed by atoms with Crippen molar-refractivity contribution in [2.24, 2.45) is 5.73 Å². The van der Waals surface area contributed by atoms with E-state index in [0.29, 0.717) is 0 Å². The standard InChI is InChI=1S/C16H19FNP/c1-11-6-13(17)2-3-16(11)19-9-14(19)7-12(4-5-18)8-15(19)10-19/h2-3,6-8,14H,4-5,9-10,18H2,1H3. The van der Waals surface area contributed by atoms with Crippen LogP contribution in [-0.4, -0.2) is 24.5 Å². The molecule has 0 amide bonds. The number of aryl methyl sites for hydroxylation is 1. The third kappa shape index (κ3) is 1.27. The van der Waals surface area contributed by atoms with Crippen LogP contribution >= 0.6 is 6.60 Å². The van der Waals surface area contributed by atoms with Crippen molar-refractivity contribution in [3.63, 3.8) is 0 Å². The van der Waals surface area contributed by atoms with Gasteiger partial charge in [0.2, 0.25) is 0 Å². The van der Waals surface area contributed by atoms with E-state index < -0.39 is 6.60 Å². The molecule has 2 fully saturated rings. The number of halogens is 1. The quantitative estimate of drug-likeness (QED) is 0.843. The first-order valence-electron chi connectivity index (χ1n) is 6.99. The van der Waals surface area contributed by atoms with Gasteiger partial charge >= 0.3 is 113 Å². The Morgan fingerprint density at radius 1 is 1.42 bits per heavy atom. The molecular formula is C16H19FNP. The van der Waals surface area contributed by atoms with E-state index >= 15 is 0 Å². The molecule has 3 aliphatic heterocycles. The zero-order valence-electron chi connectivity index (χ0n) is 11.2. The van der Waals surface area contributed by atoms with Gasteiger partial charge in [0.25, 0.3) is 0 Å². The summed E-state index contributed by atoms with van der Waals surface area (Å²) in [5, 5.41) is 3.16. The molecule has 3 aliphatic rings. The van der Waals surface area contributed by atoms with Crippen LogP contribution in [0.5, 0.6) is 0 Å². The van der Waals surface area contributed by atoms with Gasteiger partial charge in [0.1, 0.15) is 0 Å². The van der Waals surface area contributed by atoms with E-state index in [0.717, 1.165) is 24.2 Å². The number of nitrogens with two attached hydrogens (primary N) is 1. The molecule has 1 spiro atoms. The predicted molar refractivity (Wildman–Crippen MR) is 81.1 cm³/mol. The molecule has 2 saturated heterocycles. The van der Waals surface area contributed by atoms with Crippen LogP contribution in [0.25, 0.3) is 0 Å². The average Bonchev–Trinajstić information content (AvgIpc) is 3.17. The van der Waals surface area contributed by atoms with Crippen LogP contribution in [0.15, 0.2) is 41.2 Å².